The van der Waals surface area contributed by atoms with Crippen molar-refractivity contribution in [2.24, 2.45) is 0 Å². The van der Waals surface area contributed by atoms with Gasteiger partial charge in [0.15, 0.2) is 0 Å². The molecule has 0 saturated carbocycles. The maximum Gasteiger partial charge on any atom is 2.00 e. The van der Waals surface area contributed by atoms with E-state index in [2.05, 4.69) is 6.92 Å². The first-order valence-electron chi connectivity index (χ1n) is 0.707. The predicted molar refractivity (Wildman–Crippen MR) is 17.4 cm³/mol. The zero-order valence-corrected chi connectivity index (χ0v) is 4.68. The van der Waals surface area contributed by atoms with Gasteiger partial charge >= 0.3 is 19.5 Å². The van der Waals surface area contributed by atoms with Crippen LogP contribution in [-0.4, -0.2) is 0 Å². The largest absolute Gasteiger partial charge is 2.00 e. The van der Waals surface area contributed by atoms with Crippen LogP contribution in [0.15, 0.2) is 0 Å². The third-order valence-electron chi connectivity index (χ3n) is 0. The molecule has 4 heavy (non-hydrogen) atoms. The van der Waals surface area contributed by atoms with E-state index in [0.717, 1.165) is 0 Å². The van der Waals surface area contributed by atoms with Crippen LogP contribution >= 0.6 is 0 Å². The predicted octanol–water partition coefficient (Wildman–Crippen LogP) is 1.29. The van der Waals surface area contributed by atoms with E-state index in [-0.39, 0.29) is 26.9 Å². The summed E-state index contributed by atoms with van der Waals surface area (Å²) < 4.78 is 0. The first-order chi connectivity index (χ1) is 1.00. The minimum Gasteiger partial charge on any atom is -0.358 e. The van der Waals surface area contributed by atoms with Gasteiger partial charge in [0.25, 0.3) is 0 Å². The molecule has 0 amide bonds. The van der Waals surface area contributed by atoms with Crippen LogP contribution in [0.1, 0.15) is 6.92 Å². The van der Waals surface area contributed by atoms with Gasteiger partial charge in [0.2, 0.25) is 0 Å². The molecule has 1 radical (unpaired) electrons. The van der Waals surface area contributed by atoms with Crippen LogP contribution in [-0.2, 0) is 19.5 Å². The van der Waals surface area contributed by atoms with E-state index in [1.807, 2.05) is 0 Å². The molecule has 0 atom stereocenters. The summed E-state index contributed by atoms with van der Waals surface area (Å²) >= 11 is 0. The molecular formula is C3H8Rh. The Hall–Kier alpha value is 0.623. The zero-order chi connectivity index (χ0) is 2.00. The molecule has 29 valence electrons. The van der Waals surface area contributed by atoms with Crippen LogP contribution in [0.5, 0.6) is 0 Å². The second kappa shape index (κ2) is 64.2. The topological polar surface area (TPSA) is 0 Å². The van der Waals surface area contributed by atoms with Crippen molar-refractivity contribution in [3.63, 3.8) is 0 Å². The van der Waals surface area contributed by atoms with Crippen molar-refractivity contribution in [3.05, 3.63) is 14.4 Å². The summed E-state index contributed by atoms with van der Waals surface area (Å²) in [6.07, 6.45) is 0. The SMILES string of the molecule is [CH2-]C.[CH3-].[Rh+2]. The molecule has 0 aliphatic heterocycles. The summed E-state index contributed by atoms with van der Waals surface area (Å²) in [5.41, 5.74) is 0. The molecule has 0 rings (SSSR count). The number of hydrogen-bond donors (Lipinski definition) is 0. The van der Waals surface area contributed by atoms with E-state index in [0.29, 0.717) is 0 Å². The molecule has 0 aromatic heterocycles. The van der Waals surface area contributed by atoms with Crippen LogP contribution in [0, 0.1) is 14.4 Å². The Morgan fingerprint density at radius 3 is 1.25 bits per heavy atom. The minimum absolute atomic E-state index is 0. The minimum atomic E-state index is 0. The summed E-state index contributed by atoms with van der Waals surface area (Å²) in [7, 11) is 0. The molecule has 0 bridgehead atoms. The quantitative estimate of drug-likeness (QED) is 0.357. The van der Waals surface area contributed by atoms with E-state index >= 15 is 0 Å². The molecular weight excluding hydrogens is 139 g/mol. The average molecular weight is 147 g/mol. The smallest absolute Gasteiger partial charge is 0.358 e. The van der Waals surface area contributed by atoms with Crippen LogP contribution in [0.2, 0.25) is 0 Å². The third-order valence-corrected chi connectivity index (χ3v) is 0. The first-order valence-corrected chi connectivity index (χ1v) is 0.707. The van der Waals surface area contributed by atoms with Crippen molar-refractivity contribution in [2.75, 3.05) is 0 Å². The van der Waals surface area contributed by atoms with Gasteiger partial charge in [-0.05, 0) is 0 Å². The van der Waals surface area contributed by atoms with Crippen molar-refractivity contribution < 1.29 is 19.5 Å². The number of rotatable bonds is 0. The fourth-order valence-corrected chi connectivity index (χ4v) is 0. The van der Waals surface area contributed by atoms with Gasteiger partial charge < -0.3 is 14.4 Å². The molecule has 0 aliphatic carbocycles. The second-order valence-electron chi connectivity index (χ2n) is 0. The average Bonchev–Trinajstić information content (AvgIpc) is 1.00. The van der Waals surface area contributed by atoms with E-state index in [1.165, 1.54) is 0 Å². The third kappa shape index (κ3) is 17.8. The maximum absolute atomic E-state index is 3.25. The van der Waals surface area contributed by atoms with Gasteiger partial charge in [-0.3, -0.25) is 0 Å². The first kappa shape index (κ1) is 23.0. The molecule has 0 aromatic carbocycles. The molecule has 0 N–H and O–H groups in total. The number of hydrogen-bond acceptors (Lipinski definition) is 0. The van der Waals surface area contributed by atoms with E-state index < -0.39 is 0 Å². The summed E-state index contributed by atoms with van der Waals surface area (Å²) in [5.74, 6) is 0. The van der Waals surface area contributed by atoms with Gasteiger partial charge in [0.1, 0.15) is 0 Å². The van der Waals surface area contributed by atoms with Gasteiger partial charge in [-0.25, -0.2) is 0 Å². The van der Waals surface area contributed by atoms with Crippen molar-refractivity contribution >= 4 is 0 Å². The monoisotopic (exact) mass is 147 g/mol. The van der Waals surface area contributed by atoms with Crippen molar-refractivity contribution in [1.82, 2.24) is 0 Å². The molecule has 1 heteroatoms. The van der Waals surface area contributed by atoms with Crippen LogP contribution < -0.4 is 0 Å². The second-order valence-corrected chi connectivity index (χ2v) is 0. The van der Waals surface area contributed by atoms with Crippen molar-refractivity contribution in [3.8, 4) is 0 Å². The molecule has 0 heterocycles. The van der Waals surface area contributed by atoms with E-state index in [4.69, 9.17) is 0 Å². The van der Waals surface area contributed by atoms with Crippen LogP contribution in [0.25, 0.3) is 0 Å². The van der Waals surface area contributed by atoms with Crippen molar-refractivity contribution in [1.29, 1.82) is 0 Å². The van der Waals surface area contributed by atoms with Crippen molar-refractivity contribution in [2.45, 2.75) is 6.92 Å². The molecule has 0 aliphatic rings. The van der Waals surface area contributed by atoms with Gasteiger partial charge in [0, 0.05) is 0 Å². The Balaban J connectivity index is -0.00000000500. The maximum atomic E-state index is 3.25. The molecule has 0 spiro atoms. The van der Waals surface area contributed by atoms with Gasteiger partial charge in [-0.2, -0.15) is 6.92 Å². The van der Waals surface area contributed by atoms with Crippen LogP contribution in [0.3, 0.4) is 0 Å². The molecule has 0 saturated heterocycles. The molecule has 0 nitrogen and oxygen atoms in total. The Morgan fingerprint density at radius 1 is 1.25 bits per heavy atom. The van der Waals surface area contributed by atoms with Gasteiger partial charge in [0.05, 0.1) is 0 Å². The Morgan fingerprint density at radius 2 is 1.25 bits per heavy atom. The normalized spacial score (nSPS) is 1.50. The zero-order valence-electron chi connectivity index (χ0n) is 3.04. The summed E-state index contributed by atoms with van der Waals surface area (Å²) in [6.45, 7) is 5.00. The molecule has 0 unspecified atom stereocenters. The Labute approximate surface area is 41.4 Å². The molecule has 0 fully saturated rings. The van der Waals surface area contributed by atoms with Crippen LogP contribution in [0.4, 0.5) is 0 Å². The van der Waals surface area contributed by atoms with Gasteiger partial charge in [-0.15, -0.1) is 0 Å². The summed E-state index contributed by atoms with van der Waals surface area (Å²) in [6, 6.07) is 0. The molecule has 0 aromatic rings. The fourth-order valence-electron chi connectivity index (χ4n) is 0. The fraction of sp³-hybridized carbons (Fsp3) is 0.333. The standard InChI is InChI=1S/C2H5.CH3.Rh/c1-2;;/h1H2,2H3;1H3;/q2*-1;+2. The summed E-state index contributed by atoms with van der Waals surface area (Å²) in [4.78, 5) is 0. The Bertz CT molecular complexity index is 3.25. The summed E-state index contributed by atoms with van der Waals surface area (Å²) in [5, 5.41) is 0. The Kier molecular flexibility index (Phi) is 370. The van der Waals surface area contributed by atoms with E-state index in [1.54, 1.807) is 6.92 Å². The van der Waals surface area contributed by atoms with Gasteiger partial charge in [-0.1, -0.05) is 0 Å². The van der Waals surface area contributed by atoms with E-state index in [9.17, 15) is 0 Å².